The van der Waals surface area contributed by atoms with Crippen molar-refractivity contribution in [3.05, 3.63) is 30.5 Å². The number of allylic oxidation sites excluding steroid dienone is 3. The minimum atomic E-state index is 0.689. The zero-order valence-electron chi connectivity index (χ0n) is 6.93. The van der Waals surface area contributed by atoms with Crippen molar-refractivity contribution in [1.82, 2.24) is 0 Å². The molecule has 0 aliphatic heterocycles. The summed E-state index contributed by atoms with van der Waals surface area (Å²) in [5.74, 6) is 0.689. The molecule has 0 heterocycles. The Hall–Kier alpha value is -0.740. The van der Waals surface area contributed by atoms with Crippen LogP contribution in [0.2, 0.25) is 0 Å². The summed E-state index contributed by atoms with van der Waals surface area (Å²) in [6.45, 7) is 7.89. The van der Waals surface area contributed by atoms with Gasteiger partial charge in [-0.25, -0.2) is 0 Å². The molecule has 0 nitrogen and oxygen atoms in total. The lowest BCUT2D eigenvalue weighted by molar-refractivity contribution is 0.634. The molecule has 0 bridgehead atoms. The fourth-order valence-corrected chi connectivity index (χ4v) is 0.865. The smallest absolute Gasteiger partial charge is 0.0209 e. The summed E-state index contributed by atoms with van der Waals surface area (Å²) in [6.07, 6.45) is 8.55. The summed E-state index contributed by atoms with van der Waals surface area (Å²) in [7, 11) is 0. The van der Waals surface area contributed by atoms with Crippen LogP contribution in [0.5, 0.6) is 0 Å². The quantitative estimate of drug-likeness (QED) is 0.411. The Morgan fingerprint density at radius 1 is 1.60 bits per heavy atom. The Morgan fingerprint density at radius 3 is 2.80 bits per heavy atom. The molecule has 0 radical (unpaired) electrons. The molecule has 0 aliphatic carbocycles. The molecule has 0 amide bonds. The van der Waals surface area contributed by atoms with Crippen LogP contribution in [0.15, 0.2) is 30.5 Å². The third-order valence-electron chi connectivity index (χ3n) is 1.40. The Labute approximate surface area is 64.0 Å². The van der Waals surface area contributed by atoms with Crippen LogP contribution in [-0.2, 0) is 0 Å². The van der Waals surface area contributed by atoms with E-state index in [0.717, 1.165) is 0 Å². The van der Waals surface area contributed by atoms with Crippen LogP contribution < -0.4 is 0 Å². The summed E-state index contributed by atoms with van der Waals surface area (Å²) in [4.78, 5) is 0. The van der Waals surface area contributed by atoms with Crippen LogP contribution in [0.1, 0.15) is 26.7 Å². The van der Waals surface area contributed by atoms with Gasteiger partial charge in [0.15, 0.2) is 0 Å². The van der Waals surface area contributed by atoms with Crippen LogP contribution in [0.3, 0.4) is 0 Å². The number of hydrogen-bond donors (Lipinski definition) is 0. The van der Waals surface area contributed by atoms with Crippen molar-refractivity contribution in [3.8, 4) is 0 Å². The highest BCUT2D eigenvalue weighted by Gasteiger charge is 1.90. The fourth-order valence-electron chi connectivity index (χ4n) is 0.865. The number of rotatable bonds is 4. The Balaban J connectivity index is 3.54. The van der Waals surface area contributed by atoms with Crippen molar-refractivity contribution in [1.29, 1.82) is 0 Å². The van der Waals surface area contributed by atoms with Gasteiger partial charge in [0.05, 0.1) is 0 Å². The van der Waals surface area contributed by atoms with Gasteiger partial charge in [0, 0.05) is 0 Å². The highest BCUT2D eigenvalue weighted by Crippen LogP contribution is 2.05. The van der Waals surface area contributed by atoms with E-state index >= 15 is 0 Å². The molecular formula is C10H16. The van der Waals surface area contributed by atoms with Crippen LogP contribution >= 0.6 is 0 Å². The fraction of sp³-hybridized carbons (Fsp3) is 0.500. The zero-order chi connectivity index (χ0) is 7.82. The van der Waals surface area contributed by atoms with Gasteiger partial charge in [-0.2, -0.15) is 0 Å². The van der Waals surface area contributed by atoms with E-state index < -0.39 is 0 Å². The van der Waals surface area contributed by atoms with Crippen molar-refractivity contribution in [2.75, 3.05) is 0 Å². The first-order chi connectivity index (χ1) is 4.81. The maximum absolute atomic E-state index is 3.47. The van der Waals surface area contributed by atoms with Crippen molar-refractivity contribution in [2.24, 2.45) is 5.92 Å². The normalized spacial score (nSPS) is 13.0. The van der Waals surface area contributed by atoms with Gasteiger partial charge in [-0.3, -0.25) is 0 Å². The molecule has 0 aromatic rings. The predicted octanol–water partition coefficient (Wildman–Crippen LogP) is 3.32. The molecule has 0 N–H and O–H groups in total. The second-order valence-electron chi connectivity index (χ2n) is 2.52. The molecule has 0 aromatic heterocycles. The first kappa shape index (κ1) is 9.26. The maximum Gasteiger partial charge on any atom is -0.0209 e. The van der Waals surface area contributed by atoms with E-state index in [1.165, 1.54) is 12.8 Å². The summed E-state index contributed by atoms with van der Waals surface area (Å²) < 4.78 is 0. The van der Waals surface area contributed by atoms with Gasteiger partial charge >= 0.3 is 0 Å². The van der Waals surface area contributed by atoms with E-state index in [9.17, 15) is 0 Å². The van der Waals surface area contributed by atoms with Crippen molar-refractivity contribution < 1.29 is 0 Å². The molecule has 0 saturated carbocycles. The molecule has 0 rings (SSSR count). The van der Waals surface area contributed by atoms with Crippen molar-refractivity contribution >= 4 is 0 Å². The first-order valence-corrected chi connectivity index (χ1v) is 3.83. The van der Waals surface area contributed by atoms with Gasteiger partial charge in [-0.1, -0.05) is 39.0 Å². The summed E-state index contributed by atoms with van der Waals surface area (Å²) in [5.41, 5.74) is 2.70. The second kappa shape index (κ2) is 6.38. The van der Waals surface area contributed by atoms with Gasteiger partial charge in [0.2, 0.25) is 0 Å². The van der Waals surface area contributed by atoms with E-state index in [-0.39, 0.29) is 0 Å². The number of hydrogen-bond acceptors (Lipinski definition) is 0. The Bertz CT molecular complexity index is 136. The lowest BCUT2D eigenvalue weighted by atomic mass is 10.1. The topological polar surface area (TPSA) is 0 Å². The van der Waals surface area contributed by atoms with Gasteiger partial charge < -0.3 is 0 Å². The lowest BCUT2D eigenvalue weighted by Crippen LogP contribution is -1.85. The van der Waals surface area contributed by atoms with E-state index in [0.29, 0.717) is 5.92 Å². The summed E-state index contributed by atoms with van der Waals surface area (Å²) >= 11 is 0. The van der Waals surface area contributed by atoms with Crippen molar-refractivity contribution in [2.45, 2.75) is 26.7 Å². The van der Waals surface area contributed by atoms with E-state index in [1.54, 1.807) is 0 Å². The first-order valence-electron chi connectivity index (χ1n) is 3.83. The monoisotopic (exact) mass is 136 g/mol. The summed E-state index contributed by atoms with van der Waals surface area (Å²) in [6, 6.07) is 0. The molecule has 1 unspecified atom stereocenters. The molecule has 10 heavy (non-hydrogen) atoms. The van der Waals surface area contributed by atoms with Gasteiger partial charge in [-0.05, 0) is 18.4 Å². The minimum absolute atomic E-state index is 0.689. The Kier molecular flexibility index (Phi) is 5.91. The Morgan fingerprint density at radius 2 is 2.30 bits per heavy atom. The van der Waals surface area contributed by atoms with Crippen molar-refractivity contribution in [3.63, 3.8) is 0 Å². The molecule has 56 valence electrons. The van der Waals surface area contributed by atoms with Crippen LogP contribution in [0.4, 0.5) is 0 Å². The third-order valence-corrected chi connectivity index (χ3v) is 1.40. The molecule has 0 spiro atoms. The minimum Gasteiger partial charge on any atom is -0.129 e. The van der Waals surface area contributed by atoms with E-state index in [1.807, 2.05) is 12.2 Å². The van der Waals surface area contributed by atoms with Crippen LogP contribution in [-0.4, -0.2) is 0 Å². The maximum atomic E-state index is 3.47. The predicted molar refractivity (Wildman–Crippen MR) is 46.9 cm³/mol. The van der Waals surface area contributed by atoms with Crippen LogP contribution in [0.25, 0.3) is 0 Å². The van der Waals surface area contributed by atoms with Crippen LogP contribution in [0, 0.1) is 5.92 Å². The summed E-state index contributed by atoms with van der Waals surface area (Å²) in [5, 5.41) is 0. The molecule has 0 heteroatoms. The molecule has 0 aliphatic rings. The molecule has 0 fully saturated rings. The molecule has 0 saturated heterocycles. The SMILES string of the molecule is C=C=CC=CC(C)CCC. The second-order valence-corrected chi connectivity index (χ2v) is 2.52. The van der Waals surface area contributed by atoms with E-state index in [4.69, 9.17) is 0 Å². The van der Waals surface area contributed by atoms with Gasteiger partial charge in [-0.15, -0.1) is 5.73 Å². The van der Waals surface area contributed by atoms with Gasteiger partial charge in [0.25, 0.3) is 0 Å². The average Bonchev–Trinajstić information content (AvgIpc) is 1.89. The van der Waals surface area contributed by atoms with E-state index in [2.05, 4.69) is 32.2 Å². The molecular weight excluding hydrogens is 120 g/mol. The highest BCUT2D eigenvalue weighted by molar-refractivity contribution is 5.01. The average molecular weight is 136 g/mol. The molecule has 1 atom stereocenters. The highest BCUT2D eigenvalue weighted by atomic mass is 14.0. The standard InChI is InChI=1S/C10H16/c1-4-6-7-9-10(3)8-5-2/h6-7,9-10H,1,5,8H2,2-3H3. The third kappa shape index (κ3) is 5.40. The largest absolute Gasteiger partial charge is 0.129 e. The lowest BCUT2D eigenvalue weighted by Gasteiger charge is -1.99. The zero-order valence-corrected chi connectivity index (χ0v) is 6.93. The molecule has 0 aromatic carbocycles. The van der Waals surface area contributed by atoms with Gasteiger partial charge in [0.1, 0.15) is 0 Å².